The first kappa shape index (κ1) is 33.2. The third kappa shape index (κ3) is 7.71. The van der Waals surface area contributed by atoms with Gasteiger partial charge in [-0.05, 0) is 91.5 Å². The largest absolute Gasteiger partial charge is 0.451 e. The number of allylic oxidation sites excluding steroid dienone is 1. The molecule has 2 fully saturated rings. The SMILES string of the molecule is CC(=O)N(C)c1ccc2oc(C(=O)N[C@H](C=C3CCC(c4ccccc4CN4CCCC4=O)CC3)Cc3ccc(Cl)cc3)cc(=O)c2c1. The number of carbonyl (C=O) groups is 3. The van der Waals surface area contributed by atoms with Crippen LogP contribution < -0.4 is 15.6 Å². The molecule has 2 heterocycles. The molecule has 8 nitrogen and oxygen atoms in total. The second kappa shape index (κ2) is 14.6. The fourth-order valence-electron chi connectivity index (χ4n) is 6.82. The van der Waals surface area contributed by atoms with E-state index in [0.717, 1.165) is 44.2 Å². The Morgan fingerprint density at radius 1 is 1.02 bits per heavy atom. The summed E-state index contributed by atoms with van der Waals surface area (Å²) in [5.74, 6) is -0.0700. The van der Waals surface area contributed by atoms with Crippen molar-refractivity contribution in [3.8, 4) is 0 Å². The van der Waals surface area contributed by atoms with Gasteiger partial charge in [-0.2, -0.15) is 0 Å². The van der Waals surface area contributed by atoms with E-state index >= 15 is 0 Å². The molecule has 1 atom stereocenters. The summed E-state index contributed by atoms with van der Waals surface area (Å²) < 4.78 is 5.91. The lowest BCUT2D eigenvalue weighted by atomic mass is 9.79. The van der Waals surface area contributed by atoms with E-state index in [4.69, 9.17) is 16.0 Å². The molecule has 0 spiro atoms. The summed E-state index contributed by atoms with van der Waals surface area (Å²) in [6, 6.07) is 21.8. The van der Waals surface area contributed by atoms with Crippen molar-refractivity contribution < 1.29 is 18.8 Å². The molecule has 1 saturated carbocycles. The Morgan fingerprint density at radius 2 is 1.77 bits per heavy atom. The van der Waals surface area contributed by atoms with Crippen LogP contribution in [0.3, 0.4) is 0 Å². The van der Waals surface area contributed by atoms with Crippen molar-refractivity contribution in [2.75, 3.05) is 18.5 Å². The molecule has 248 valence electrons. The van der Waals surface area contributed by atoms with Crippen molar-refractivity contribution >= 4 is 46.0 Å². The van der Waals surface area contributed by atoms with E-state index in [1.807, 2.05) is 29.2 Å². The van der Waals surface area contributed by atoms with Gasteiger partial charge >= 0.3 is 0 Å². The third-order valence-corrected chi connectivity index (χ3v) is 9.82. The van der Waals surface area contributed by atoms with Gasteiger partial charge in [0.05, 0.1) is 11.4 Å². The van der Waals surface area contributed by atoms with Crippen LogP contribution in [0.15, 0.2) is 93.7 Å². The van der Waals surface area contributed by atoms with Crippen LogP contribution in [0.4, 0.5) is 5.69 Å². The Morgan fingerprint density at radius 3 is 2.48 bits per heavy atom. The molecule has 1 aliphatic carbocycles. The standard InChI is InChI=1S/C39H40ClN3O5/c1-25(44)42(2)32-17-18-36-34(22-32)35(45)23-37(48-36)39(47)41-31(21-27-11-15-30(40)16-12-27)20-26-9-13-28(14-10-26)33-7-4-3-6-29(33)24-43-19-5-8-38(43)46/h3-4,6-7,11-12,15-18,20,22-23,28,31H,5,8-10,13-14,19,21,24H2,1-2H3,(H,41,47)/t28?,31-/m1/s1. The van der Waals surface area contributed by atoms with Crippen molar-refractivity contribution in [1.82, 2.24) is 10.2 Å². The molecule has 3 amide bonds. The van der Waals surface area contributed by atoms with Crippen LogP contribution in [0, 0.1) is 0 Å². The van der Waals surface area contributed by atoms with Crippen molar-refractivity contribution in [2.24, 2.45) is 0 Å². The summed E-state index contributed by atoms with van der Waals surface area (Å²) in [5, 5.41) is 4.04. The first-order chi connectivity index (χ1) is 23.1. The predicted molar refractivity (Wildman–Crippen MR) is 188 cm³/mol. The Hall–Kier alpha value is -4.69. The average molecular weight is 666 g/mol. The lowest BCUT2D eigenvalue weighted by molar-refractivity contribution is -0.128. The molecule has 0 radical (unpaired) electrons. The van der Waals surface area contributed by atoms with Gasteiger partial charge in [-0.3, -0.25) is 19.2 Å². The number of rotatable bonds is 9. The van der Waals surface area contributed by atoms with E-state index in [2.05, 4.69) is 35.7 Å². The number of fused-ring (bicyclic) bond motifs is 1. The summed E-state index contributed by atoms with van der Waals surface area (Å²) in [6.07, 6.45) is 8.04. The van der Waals surface area contributed by atoms with Gasteiger partial charge in [0.2, 0.25) is 11.8 Å². The summed E-state index contributed by atoms with van der Waals surface area (Å²) in [4.78, 5) is 54.2. The molecule has 1 aliphatic heterocycles. The minimum atomic E-state index is -0.478. The number of anilines is 1. The third-order valence-electron chi connectivity index (χ3n) is 9.57. The molecule has 6 rings (SSSR count). The molecule has 0 bridgehead atoms. The van der Waals surface area contributed by atoms with E-state index in [-0.39, 0.29) is 34.6 Å². The topological polar surface area (TPSA) is 99.9 Å². The predicted octanol–water partition coefficient (Wildman–Crippen LogP) is 7.18. The van der Waals surface area contributed by atoms with E-state index in [1.54, 1.807) is 25.2 Å². The molecule has 1 N–H and O–H groups in total. The van der Waals surface area contributed by atoms with Gasteiger partial charge in [0.25, 0.3) is 5.91 Å². The average Bonchev–Trinajstić information content (AvgIpc) is 3.49. The summed E-state index contributed by atoms with van der Waals surface area (Å²) in [7, 11) is 1.63. The van der Waals surface area contributed by atoms with Crippen molar-refractivity contribution in [1.29, 1.82) is 0 Å². The zero-order valence-electron chi connectivity index (χ0n) is 27.3. The van der Waals surface area contributed by atoms with Gasteiger partial charge in [0, 0.05) is 50.3 Å². The second-order valence-electron chi connectivity index (χ2n) is 12.9. The molecule has 4 aromatic rings. The smallest absolute Gasteiger partial charge is 0.287 e. The molecule has 48 heavy (non-hydrogen) atoms. The van der Waals surface area contributed by atoms with Gasteiger partial charge in [-0.15, -0.1) is 0 Å². The Bertz CT molecular complexity index is 1920. The van der Waals surface area contributed by atoms with Crippen LogP contribution in [0.5, 0.6) is 0 Å². The number of hydrogen-bond acceptors (Lipinski definition) is 5. The molecular weight excluding hydrogens is 626 g/mol. The van der Waals surface area contributed by atoms with Gasteiger partial charge < -0.3 is 19.5 Å². The molecule has 1 aromatic heterocycles. The van der Waals surface area contributed by atoms with Crippen molar-refractivity contribution in [3.63, 3.8) is 0 Å². The van der Waals surface area contributed by atoms with E-state index < -0.39 is 5.91 Å². The number of nitrogens with zero attached hydrogens (tertiary/aromatic N) is 2. The van der Waals surface area contributed by atoms with Crippen LogP contribution in [0.1, 0.15) is 78.6 Å². The van der Waals surface area contributed by atoms with E-state index in [1.165, 1.54) is 34.6 Å². The molecular formula is C39H40ClN3O5. The van der Waals surface area contributed by atoms with Gasteiger partial charge in [-0.1, -0.05) is 59.6 Å². The molecule has 3 aromatic carbocycles. The lowest BCUT2D eigenvalue weighted by Crippen LogP contribution is -2.36. The number of benzene rings is 3. The number of carbonyl (C=O) groups excluding carboxylic acids is 3. The highest BCUT2D eigenvalue weighted by molar-refractivity contribution is 6.30. The zero-order valence-corrected chi connectivity index (χ0v) is 28.1. The Labute approximate surface area is 285 Å². The van der Waals surface area contributed by atoms with Crippen LogP contribution in [-0.4, -0.2) is 42.3 Å². The maximum absolute atomic E-state index is 13.6. The quantitative estimate of drug-likeness (QED) is 0.191. The summed E-state index contributed by atoms with van der Waals surface area (Å²) >= 11 is 6.14. The summed E-state index contributed by atoms with van der Waals surface area (Å²) in [5.41, 5.74) is 5.33. The van der Waals surface area contributed by atoms with E-state index in [0.29, 0.717) is 41.4 Å². The van der Waals surface area contributed by atoms with Crippen LogP contribution in [-0.2, 0) is 22.6 Å². The molecule has 9 heteroatoms. The monoisotopic (exact) mass is 665 g/mol. The minimum Gasteiger partial charge on any atom is -0.451 e. The normalized spacial score (nSPS) is 17.0. The highest BCUT2D eigenvalue weighted by atomic mass is 35.5. The van der Waals surface area contributed by atoms with Gasteiger partial charge in [-0.25, -0.2) is 0 Å². The highest BCUT2D eigenvalue weighted by Gasteiger charge is 2.25. The Balaban J connectivity index is 1.19. The fraction of sp³-hybridized carbons (Fsp3) is 0.333. The maximum Gasteiger partial charge on any atom is 0.287 e. The number of nitrogens with one attached hydrogen (secondary N) is 1. The fourth-order valence-corrected chi connectivity index (χ4v) is 6.94. The maximum atomic E-state index is 13.6. The van der Waals surface area contributed by atoms with Crippen molar-refractivity contribution in [2.45, 2.75) is 70.4 Å². The summed E-state index contributed by atoms with van der Waals surface area (Å²) in [6.45, 7) is 2.94. The second-order valence-corrected chi connectivity index (χ2v) is 13.3. The number of hydrogen-bond donors (Lipinski definition) is 1. The van der Waals surface area contributed by atoms with E-state index in [9.17, 15) is 19.2 Å². The van der Waals surface area contributed by atoms with Crippen LogP contribution in [0.25, 0.3) is 11.0 Å². The zero-order chi connectivity index (χ0) is 33.8. The van der Waals surface area contributed by atoms with Crippen LogP contribution >= 0.6 is 11.6 Å². The first-order valence-corrected chi connectivity index (χ1v) is 16.9. The number of halogens is 1. The lowest BCUT2D eigenvalue weighted by Gasteiger charge is -2.28. The van der Waals surface area contributed by atoms with Crippen molar-refractivity contribution in [3.05, 3.63) is 122 Å². The van der Waals surface area contributed by atoms with Gasteiger partial charge in [0.15, 0.2) is 11.2 Å². The molecule has 1 saturated heterocycles. The highest BCUT2D eigenvalue weighted by Crippen LogP contribution is 2.38. The van der Waals surface area contributed by atoms with Gasteiger partial charge in [0.1, 0.15) is 5.58 Å². The number of amides is 3. The minimum absolute atomic E-state index is 0.0727. The molecule has 0 unspecified atom stereocenters. The first-order valence-electron chi connectivity index (χ1n) is 16.6. The number of likely N-dealkylation sites (tertiary alicyclic amines) is 1. The molecule has 2 aliphatic rings. The Kier molecular flexibility index (Phi) is 10.1. The van der Waals surface area contributed by atoms with Crippen LogP contribution in [0.2, 0.25) is 5.02 Å².